The smallest absolute Gasteiger partial charge is 0.358 e. The van der Waals surface area contributed by atoms with Crippen molar-refractivity contribution in [1.82, 2.24) is 9.97 Å². The Bertz CT molecular complexity index is 1130. The molecule has 0 spiro atoms. The zero-order chi connectivity index (χ0) is 21.0. The number of carboxylic acids is 1. The van der Waals surface area contributed by atoms with Crippen molar-refractivity contribution in [1.29, 1.82) is 0 Å². The summed E-state index contributed by atoms with van der Waals surface area (Å²) in [6.07, 6.45) is 1.96. The molecular weight excluding hydrogens is 396 g/mol. The lowest BCUT2D eigenvalue weighted by Gasteiger charge is -2.10. The van der Waals surface area contributed by atoms with Crippen molar-refractivity contribution < 1.29 is 19.8 Å². The molecule has 148 valence electrons. The van der Waals surface area contributed by atoms with Gasteiger partial charge in [-0.15, -0.1) is 11.8 Å². The number of hydrogen-bond donors (Lipinski definition) is 5. The molecule has 0 saturated carbocycles. The molecule has 3 aromatic rings. The number of benzene rings is 2. The topological polar surface area (TPSA) is 144 Å². The average molecular weight is 412 g/mol. The Morgan fingerprint density at radius 3 is 2.41 bits per heavy atom. The third-order valence-electron chi connectivity index (χ3n) is 3.84. The summed E-state index contributed by atoms with van der Waals surface area (Å²) in [5, 5.41) is 23.9. The van der Waals surface area contributed by atoms with Gasteiger partial charge in [0.05, 0.1) is 0 Å². The van der Waals surface area contributed by atoms with Crippen molar-refractivity contribution in [3.63, 3.8) is 0 Å². The van der Waals surface area contributed by atoms with Crippen LogP contribution < -0.4 is 16.2 Å². The molecule has 1 heterocycles. The monoisotopic (exact) mass is 412 g/mol. The Morgan fingerprint density at radius 1 is 1.07 bits per heavy atom. The van der Waals surface area contributed by atoms with Crippen LogP contribution in [0.5, 0.6) is 5.75 Å². The van der Waals surface area contributed by atoms with Gasteiger partial charge in [-0.05, 0) is 42.7 Å². The highest BCUT2D eigenvalue weighted by molar-refractivity contribution is 7.98. The van der Waals surface area contributed by atoms with E-state index in [9.17, 15) is 19.5 Å². The average Bonchev–Trinajstić information content (AvgIpc) is 2.70. The van der Waals surface area contributed by atoms with Crippen LogP contribution in [0.3, 0.4) is 0 Å². The van der Waals surface area contributed by atoms with Gasteiger partial charge in [-0.1, -0.05) is 12.1 Å². The van der Waals surface area contributed by atoms with Crippen LogP contribution >= 0.6 is 11.8 Å². The summed E-state index contributed by atoms with van der Waals surface area (Å²) in [4.78, 5) is 42.3. The number of H-pyrrole nitrogens is 1. The van der Waals surface area contributed by atoms with Gasteiger partial charge >= 0.3 is 12.0 Å². The zero-order valence-electron chi connectivity index (χ0n) is 15.1. The van der Waals surface area contributed by atoms with Crippen molar-refractivity contribution in [2.75, 3.05) is 16.9 Å². The normalized spacial score (nSPS) is 10.4. The van der Waals surface area contributed by atoms with Crippen LogP contribution in [0.25, 0.3) is 11.4 Å². The van der Waals surface area contributed by atoms with Crippen LogP contribution in [0, 0.1) is 0 Å². The van der Waals surface area contributed by atoms with Crippen molar-refractivity contribution in [3.05, 3.63) is 64.6 Å². The van der Waals surface area contributed by atoms with Crippen LogP contribution in [0.15, 0.2) is 58.2 Å². The van der Waals surface area contributed by atoms with Crippen molar-refractivity contribution >= 4 is 35.1 Å². The molecule has 29 heavy (non-hydrogen) atoms. The Kier molecular flexibility index (Phi) is 5.84. The number of carbonyl (C=O) groups is 2. The van der Waals surface area contributed by atoms with E-state index in [0.717, 1.165) is 4.90 Å². The molecule has 3 rings (SSSR count). The minimum Gasteiger partial charge on any atom is -0.501 e. The van der Waals surface area contributed by atoms with E-state index in [1.54, 1.807) is 42.1 Å². The summed E-state index contributed by atoms with van der Waals surface area (Å²) >= 11 is 1.59. The van der Waals surface area contributed by atoms with Gasteiger partial charge in [0, 0.05) is 21.8 Å². The maximum atomic E-state index is 12.2. The first-order chi connectivity index (χ1) is 13.9. The summed E-state index contributed by atoms with van der Waals surface area (Å²) in [6.45, 7) is 0. The number of aromatic nitrogens is 2. The second-order valence-electron chi connectivity index (χ2n) is 5.81. The van der Waals surface area contributed by atoms with Gasteiger partial charge in [-0.2, -0.15) is 0 Å². The second-order valence-corrected chi connectivity index (χ2v) is 6.68. The number of anilines is 2. The summed E-state index contributed by atoms with van der Waals surface area (Å²) in [7, 11) is 0. The van der Waals surface area contributed by atoms with E-state index in [0.29, 0.717) is 16.9 Å². The molecule has 0 unspecified atom stereocenters. The number of aromatic amines is 1. The third-order valence-corrected chi connectivity index (χ3v) is 4.58. The minimum absolute atomic E-state index is 0.0538. The molecule has 5 N–H and O–H groups in total. The van der Waals surface area contributed by atoms with Gasteiger partial charge < -0.3 is 25.8 Å². The highest BCUT2D eigenvalue weighted by atomic mass is 32.2. The number of thioether (sulfide) groups is 1. The number of aromatic hydroxyl groups is 1. The van der Waals surface area contributed by atoms with Crippen molar-refractivity contribution in [3.8, 4) is 17.1 Å². The molecule has 10 heteroatoms. The second kappa shape index (κ2) is 8.48. The number of carbonyl (C=O) groups excluding carboxylic acids is 1. The molecule has 0 aliphatic heterocycles. The Balaban J connectivity index is 1.80. The van der Waals surface area contributed by atoms with Crippen LogP contribution in [0.4, 0.5) is 16.2 Å². The van der Waals surface area contributed by atoms with Gasteiger partial charge in [0.2, 0.25) is 5.75 Å². The van der Waals surface area contributed by atoms with E-state index in [4.69, 9.17) is 5.11 Å². The maximum Gasteiger partial charge on any atom is 0.358 e. The predicted octanol–water partition coefficient (Wildman–Crippen LogP) is 3.21. The SMILES string of the molecule is CSc1ccc(NC(=O)Nc2cccc(-c3nc(C(=O)O)c(O)c(=O)[nH]3)c2)cc1. The molecule has 1 aromatic heterocycles. The Hall–Kier alpha value is -3.79. The lowest BCUT2D eigenvalue weighted by atomic mass is 10.2. The molecule has 0 fully saturated rings. The standard InChI is InChI=1S/C19H16N4O5S/c1-29-13-7-5-11(6-8-13)20-19(28)21-12-4-2-3-10(9-12)16-22-14(18(26)27)15(24)17(25)23-16/h2-9,24H,1H3,(H,26,27)(H2,20,21,28)(H,22,23,25). The van der Waals surface area contributed by atoms with E-state index in [1.807, 2.05) is 18.4 Å². The summed E-state index contributed by atoms with van der Waals surface area (Å²) in [5.41, 5.74) is -0.363. The van der Waals surface area contributed by atoms with Crippen molar-refractivity contribution in [2.24, 2.45) is 0 Å². The Morgan fingerprint density at radius 2 is 1.76 bits per heavy atom. The minimum atomic E-state index is -1.53. The predicted molar refractivity (Wildman–Crippen MR) is 110 cm³/mol. The molecule has 9 nitrogen and oxygen atoms in total. The fraction of sp³-hybridized carbons (Fsp3) is 0.0526. The van der Waals surface area contributed by atoms with E-state index in [-0.39, 0.29) is 5.82 Å². The fourth-order valence-electron chi connectivity index (χ4n) is 2.46. The van der Waals surface area contributed by atoms with Crippen LogP contribution in [0.1, 0.15) is 10.5 Å². The number of urea groups is 1. The van der Waals surface area contributed by atoms with Gasteiger partial charge in [-0.3, -0.25) is 4.79 Å². The third kappa shape index (κ3) is 4.74. The number of hydrogen-bond acceptors (Lipinski definition) is 6. The molecule has 0 aliphatic carbocycles. The van der Waals surface area contributed by atoms with Crippen LogP contribution in [-0.2, 0) is 0 Å². The molecule has 0 aliphatic rings. The van der Waals surface area contributed by atoms with Gasteiger partial charge in [0.1, 0.15) is 5.82 Å². The Labute approximate surface area is 168 Å². The van der Waals surface area contributed by atoms with E-state index in [1.165, 1.54) is 6.07 Å². The molecule has 2 aromatic carbocycles. The van der Waals surface area contributed by atoms with Gasteiger partial charge in [0.15, 0.2) is 5.69 Å². The quantitative estimate of drug-likeness (QED) is 0.405. The fourth-order valence-corrected chi connectivity index (χ4v) is 2.87. The van der Waals surface area contributed by atoms with Crippen LogP contribution in [-0.4, -0.2) is 38.4 Å². The first-order valence-electron chi connectivity index (χ1n) is 8.26. The summed E-state index contributed by atoms with van der Waals surface area (Å²) in [6, 6.07) is 13.2. The van der Waals surface area contributed by atoms with E-state index >= 15 is 0 Å². The number of amides is 2. The lowest BCUT2D eigenvalue weighted by molar-refractivity contribution is 0.0686. The molecule has 2 amide bonds. The first kappa shape index (κ1) is 20.0. The lowest BCUT2D eigenvalue weighted by Crippen LogP contribution is -2.19. The van der Waals surface area contributed by atoms with E-state index < -0.39 is 29.0 Å². The number of aromatic carboxylic acids is 1. The molecule has 0 saturated heterocycles. The highest BCUT2D eigenvalue weighted by Crippen LogP contribution is 2.21. The van der Waals surface area contributed by atoms with Crippen LogP contribution in [0.2, 0.25) is 0 Å². The van der Waals surface area contributed by atoms with Gasteiger partial charge in [0.25, 0.3) is 5.56 Å². The summed E-state index contributed by atoms with van der Waals surface area (Å²) < 4.78 is 0. The summed E-state index contributed by atoms with van der Waals surface area (Å²) in [5.74, 6) is -2.56. The number of nitrogens with zero attached hydrogens (tertiary/aromatic N) is 1. The maximum absolute atomic E-state index is 12.2. The number of carboxylic acid groups (broad SMARTS) is 1. The number of rotatable bonds is 5. The zero-order valence-corrected chi connectivity index (χ0v) is 15.9. The molecule has 0 bridgehead atoms. The van der Waals surface area contributed by atoms with Crippen molar-refractivity contribution in [2.45, 2.75) is 4.90 Å². The molecule has 0 radical (unpaired) electrons. The first-order valence-corrected chi connectivity index (χ1v) is 9.49. The van der Waals surface area contributed by atoms with E-state index in [2.05, 4.69) is 20.6 Å². The molecule has 0 atom stereocenters. The highest BCUT2D eigenvalue weighted by Gasteiger charge is 2.17. The van der Waals surface area contributed by atoms with Gasteiger partial charge in [-0.25, -0.2) is 14.6 Å². The largest absolute Gasteiger partial charge is 0.501 e. The molecular formula is C19H16N4O5S. The number of nitrogens with one attached hydrogen (secondary N) is 3.